The monoisotopic (exact) mass is 404 g/mol. The van der Waals surface area contributed by atoms with Crippen molar-refractivity contribution in [2.45, 2.75) is 32.7 Å². The Balaban J connectivity index is 1.84. The van der Waals surface area contributed by atoms with Crippen LogP contribution in [-0.4, -0.2) is 56.9 Å². The number of benzene rings is 1. The lowest BCUT2D eigenvalue weighted by atomic mass is 10.1. The van der Waals surface area contributed by atoms with E-state index >= 15 is 0 Å². The zero-order valence-electron chi connectivity index (χ0n) is 18.0. The fourth-order valence-corrected chi connectivity index (χ4v) is 3.30. The van der Waals surface area contributed by atoms with E-state index in [0.717, 1.165) is 25.9 Å². The summed E-state index contributed by atoms with van der Waals surface area (Å²) in [6.45, 7) is 6.65. The van der Waals surface area contributed by atoms with E-state index in [0.29, 0.717) is 35.5 Å². The first kappa shape index (κ1) is 22.6. The predicted octanol–water partition coefficient (Wildman–Crippen LogP) is 4.06. The smallest absolute Gasteiger partial charge is 0.338 e. The average molecular weight is 405 g/mol. The first-order chi connectivity index (χ1) is 14.0. The third kappa shape index (κ3) is 5.90. The minimum atomic E-state index is -0.405. The predicted molar refractivity (Wildman–Crippen MR) is 112 cm³/mol. The van der Waals surface area contributed by atoms with Gasteiger partial charge >= 0.3 is 5.97 Å². The highest BCUT2D eigenvalue weighted by molar-refractivity contribution is 5.91. The van der Waals surface area contributed by atoms with Crippen molar-refractivity contribution in [1.29, 1.82) is 0 Å². The number of nitrogens with zero attached hydrogens (tertiary/aromatic N) is 1. The van der Waals surface area contributed by atoms with Gasteiger partial charge in [-0.15, -0.1) is 0 Å². The molecule has 1 atom stereocenters. The molecule has 1 N–H and O–H groups in total. The number of aromatic amines is 1. The standard InChI is InChI=1S/C22H32N2O5/c1-6-24(16(2)17-9-10-23-15-17)11-7-8-12-29-22(25)18-13-19(26-3)21(28-5)20(14-18)27-4/h9-10,13-16,23H,6-8,11-12H2,1-5H3. The molecular weight excluding hydrogens is 372 g/mol. The Morgan fingerprint density at radius 2 is 1.79 bits per heavy atom. The van der Waals surface area contributed by atoms with E-state index in [-0.39, 0.29) is 0 Å². The van der Waals surface area contributed by atoms with Crippen LogP contribution < -0.4 is 14.2 Å². The molecule has 29 heavy (non-hydrogen) atoms. The van der Waals surface area contributed by atoms with Crippen molar-refractivity contribution in [3.8, 4) is 17.2 Å². The van der Waals surface area contributed by atoms with Gasteiger partial charge in [0, 0.05) is 18.4 Å². The molecule has 0 radical (unpaired) electrons. The Bertz CT molecular complexity index is 736. The highest BCUT2D eigenvalue weighted by atomic mass is 16.5. The third-order valence-electron chi connectivity index (χ3n) is 5.03. The normalized spacial score (nSPS) is 11.9. The van der Waals surface area contributed by atoms with Crippen molar-refractivity contribution >= 4 is 5.97 Å². The molecule has 0 saturated heterocycles. The molecule has 2 rings (SSSR count). The Morgan fingerprint density at radius 3 is 2.31 bits per heavy atom. The van der Waals surface area contributed by atoms with Gasteiger partial charge in [0.05, 0.1) is 33.5 Å². The van der Waals surface area contributed by atoms with Crippen molar-refractivity contribution in [2.75, 3.05) is 41.0 Å². The topological polar surface area (TPSA) is 73.0 Å². The first-order valence-corrected chi connectivity index (χ1v) is 9.89. The molecule has 0 aliphatic rings. The van der Waals surface area contributed by atoms with Crippen molar-refractivity contribution in [1.82, 2.24) is 9.88 Å². The van der Waals surface area contributed by atoms with Crippen molar-refractivity contribution in [3.05, 3.63) is 41.7 Å². The Hall–Kier alpha value is -2.67. The lowest BCUT2D eigenvalue weighted by molar-refractivity contribution is 0.0492. The summed E-state index contributed by atoms with van der Waals surface area (Å²) in [6.07, 6.45) is 5.73. The van der Waals surface area contributed by atoms with Crippen molar-refractivity contribution in [3.63, 3.8) is 0 Å². The minimum absolute atomic E-state index is 0.355. The number of aromatic nitrogens is 1. The van der Waals surface area contributed by atoms with E-state index in [4.69, 9.17) is 18.9 Å². The van der Waals surface area contributed by atoms with Crippen LogP contribution in [0, 0.1) is 0 Å². The molecule has 0 aliphatic carbocycles. The molecule has 0 saturated carbocycles. The number of methoxy groups -OCH3 is 3. The molecule has 0 spiro atoms. The summed E-state index contributed by atoms with van der Waals surface area (Å²) in [7, 11) is 4.55. The van der Waals surface area contributed by atoms with Crippen molar-refractivity contribution in [2.24, 2.45) is 0 Å². The van der Waals surface area contributed by atoms with E-state index < -0.39 is 5.97 Å². The second-order valence-electron chi connectivity index (χ2n) is 6.71. The van der Waals surface area contributed by atoms with Gasteiger partial charge in [-0.2, -0.15) is 0 Å². The van der Waals surface area contributed by atoms with Crippen LogP contribution >= 0.6 is 0 Å². The third-order valence-corrected chi connectivity index (χ3v) is 5.03. The fourth-order valence-electron chi connectivity index (χ4n) is 3.30. The highest BCUT2D eigenvalue weighted by Gasteiger charge is 2.18. The lowest BCUT2D eigenvalue weighted by Crippen LogP contribution is -2.28. The zero-order valence-corrected chi connectivity index (χ0v) is 18.0. The summed E-state index contributed by atoms with van der Waals surface area (Å²) in [5.41, 5.74) is 1.65. The molecule has 0 fully saturated rings. The van der Waals surface area contributed by atoms with Crippen LogP contribution in [-0.2, 0) is 4.74 Å². The molecule has 0 bridgehead atoms. The van der Waals surface area contributed by atoms with Gasteiger partial charge in [0.15, 0.2) is 11.5 Å². The molecule has 0 aliphatic heterocycles. The summed E-state index contributed by atoms with van der Waals surface area (Å²) < 4.78 is 21.3. The van der Waals surface area contributed by atoms with E-state index in [2.05, 4.69) is 29.8 Å². The summed E-state index contributed by atoms with van der Waals surface area (Å²) in [6, 6.07) is 5.65. The molecule has 2 aromatic rings. The van der Waals surface area contributed by atoms with Crippen LogP contribution in [0.3, 0.4) is 0 Å². The largest absolute Gasteiger partial charge is 0.493 e. The Morgan fingerprint density at radius 1 is 1.10 bits per heavy atom. The quantitative estimate of drug-likeness (QED) is 0.425. The van der Waals surface area contributed by atoms with Crippen LogP contribution in [0.25, 0.3) is 0 Å². The summed E-state index contributed by atoms with van der Waals surface area (Å²) in [5.74, 6) is 0.896. The molecule has 1 aromatic heterocycles. The van der Waals surface area contributed by atoms with Gasteiger partial charge in [-0.25, -0.2) is 4.79 Å². The number of rotatable bonds is 12. The van der Waals surface area contributed by atoms with Gasteiger partial charge in [0.2, 0.25) is 5.75 Å². The first-order valence-electron chi connectivity index (χ1n) is 9.89. The average Bonchev–Trinajstić information content (AvgIpc) is 3.29. The number of nitrogens with one attached hydrogen (secondary N) is 1. The number of hydrogen-bond acceptors (Lipinski definition) is 6. The number of esters is 1. The number of ether oxygens (including phenoxy) is 4. The second-order valence-corrected chi connectivity index (χ2v) is 6.71. The summed E-state index contributed by atoms with van der Waals surface area (Å²) >= 11 is 0. The maximum Gasteiger partial charge on any atom is 0.338 e. The molecule has 7 nitrogen and oxygen atoms in total. The second kappa shape index (κ2) is 11.4. The van der Waals surface area contributed by atoms with Gasteiger partial charge in [0.1, 0.15) is 0 Å². The van der Waals surface area contributed by atoms with Gasteiger partial charge in [0.25, 0.3) is 0 Å². The van der Waals surface area contributed by atoms with Crippen LogP contribution in [0.1, 0.15) is 48.7 Å². The van der Waals surface area contributed by atoms with Crippen LogP contribution in [0.4, 0.5) is 0 Å². The van der Waals surface area contributed by atoms with Crippen molar-refractivity contribution < 1.29 is 23.7 Å². The SMILES string of the molecule is CCN(CCCCOC(=O)c1cc(OC)c(OC)c(OC)c1)C(C)c1cc[nH]c1. The number of H-pyrrole nitrogens is 1. The molecular formula is C22H32N2O5. The molecule has 1 unspecified atom stereocenters. The molecule has 1 aromatic carbocycles. The van der Waals surface area contributed by atoms with E-state index in [9.17, 15) is 4.79 Å². The van der Waals surface area contributed by atoms with Gasteiger partial charge in [-0.3, -0.25) is 4.90 Å². The molecule has 7 heteroatoms. The van der Waals surface area contributed by atoms with E-state index in [1.165, 1.54) is 26.9 Å². The van der Waals surface area contributed by atoms with E-state index in [1.54, 1.807) is 12.1 Å². The number of unbranched alkanes of at least 4 members (excludes halogenated alkanes) is 1. The number of carbonyl (C=O) groups is 1. The number of hydrogen-bond donors (Lipinski definition) is 1. The van der Waals surface area contributed by atoms with Crippen LogP contribution in [0.15, 0.2) is 30.6 Å². The minimum Gasteiger partial charge on any atom is -0.493 e. The fraction of sp³-hybridized carbons (Fsp3) is 0.500. The van der Waals surface area contributed by atoms with Gasteiger partial charge < -0.3 is 23.9 Å². The Labute approximate surface area is 172 Å². The molecule has 0 amide bonds. The molecule has 160 valence electrons. The Kier molecular flexibility index (Phi) is 8.86. The number of carbonyl (C=O) groups excluding carboxylic acids is 1. The highest BCUT2D eigenvalue weighted by Crippen LogP contribution is 2.38. The molecule has 1 heterocycles. The van der Waals surface area contributed by atoms with Gasteiger partial charge in [-0.1, -0.05) is 6.92 Å². The van der Waals surface area contributed by atoms with Gasteiger partial charge in [-0.05, 0) is 56.6 Å². The van der Waals surface area contributed by atoms with Crippen LogP contribution in [0.5, 0.6) is 17.2 Å². The summed E-state index contributed by atoms with van der Waals surface area (Å²) in [4.78, 5) is 17.9. The maximum atomic E-state index is 12.4. The van der Waals surface area contributed by atoms with E-state index in [1.807, 2.05) is 12.4 Å². The lowest BCUT2D eigenvalue weighted by Gasteiger charge is -2.27. The summed E-state index contributed by atoms with van der Waals surface area (Å²) in [5, 5.41) is 0. The van der Waals surface area contributed by atoms with Crippen LogP contribution in [0.2, 0.25) is 0 Å². The zero-order chi connectivity index (χ0) is 21.2. The maximum absolute atomic E-state index is 12.4.